The van der Waals surface area contributed by atoms with Crippen LogP contribution >= 0.6 is 0 Å². The lowest BCUT2D eigenvalue weighted by Crippen LogP contribution is -2.07. The van der Waals surface area contributed by atoms with Gasteiger partial charge in [-0.2, -0.15) is 0 Å². The number of hydrogen-bond donors (Lipinski definition) is 1. The van der Waals surface area contributed by atoms with Gasteiger partial charge in [-0.25, -0.2) is 9.97 Å². The van der Waals surface area contributed by atoms with E-state index >= 15 is 0 Å². The van der Waals surface area contributed by atoms with Crippen LogP contribution in [0.5, 0.6) is 0 Å². The van der Waals surface area contributed by atoms with Gasteiger partial charge in [0.05, 0.1) is 0 Å². The lowest BCUT2D eigenvalue weighted by molar-refractivity contribution is 0.836. The maximum Gasteiger partial charge on any atom is 0.131 e. The second-order valence-corrected chi connectivity index (χ2v) is 4.43. The minimum atomic E-state index is 0.632. The van der Waals surface area contributed by atoms with Crippen LogP contribution in [0.15, 0.2) is 30.3 Å². The molecule has 94 valence electrons. The topological polar surface area (TPSA) is 51.8 Å². The lowest BCUT2D eigenvalue weighted by atomic mass is 10.1. The third-order valence-electron chi connectivity index (χ3n) is 3.13. The molecule has 0 saturated carbocycles. The number of nitrogens with two attached hydrogens (primary N) is 1. The van der Waals surface area contributed by atoms with Gasteiger partial charge in [0.25, 0.3) is 0 Å². The molecule has 3 nitrogen and oxygen atoms in total. The van der Waals surface area contributed by atoms with Crippen molar-refractivity contribution in [3.8, 4) is 0 Å². The average molecular weight is 241 g/mol. The van der Waals surface area contributed by atoms with E-state index in [1.54, 1.807) is 0 Å². The average Bonchev–Trinajstić information content (AvgIpc) is 2.37. The van der Waals surface area contributed by atoms with Crippen molar-refractivity contribution in [2.45, 2.75) is 33.1 Å². The van der Waals surface area contributed by atoms with Crippen molar-refractivity contribution in [2.24, 2.45) is 0 Å². The Balaban J connectivity index is 2.11. The van der Waals surface area contributed by atoms with Crippen LogP contribution in [0.1, 0.15) is 29.6 Å². The number of benzene rings is 1. The summed E-state index contributed by atoms with van der Waals surface area (Å²) in [5.74, 6) is 1.47. The maximum absolute atomic E-state index is 5.95. The minimum absolute atomic E-state index is 0.632. The van der Waals surface area contributed by atoms with Crippen LogP contribution in [0, 0.1) is 6.92 Å². The monoisotopic (exact) mass is 241 g/mol. The summed E-state index contributed by atoms with van der Waals surface area (Å²) < 4.78 is 0. The normalized spacial score (nSPS) is 10.6. The predicted molar refractivity (Wildman–Crippen MR) is 74.4 cm³/mol. The molecule has 2 N–H and O–H groups in total. The molecule has 1 aromatic heterocycles. The Morgan fingerprint density at radius 1 is 1.06 bits per heavy atom. The summed E-state index contributed by atoms with van der Waals surface area (Å²) in [6.45, 7) is 4.08. The first kappa shape index (κ1) is 12.6. The fourth-order valence-corrected chi connectivity index (χ4v) is 2.13. The number of anilines is 1. The highest BCUT2D eigenvalue weighted by Gasteiger charge is 2.07. The Hall–Kier alpha value is -1.90. The van der Waals surface area contributed by atoms with Crippen molar-refractivity contribution in [1.82, 2.24) is 9.97 Å². The van der Waals surface area contributed by atoms with E-state index in [1.165, 1.54) is 5.56 Å². The molecule has 0 amide bonds. The molecule has 0 radical (unpaired) electrons. The molecule has 2 rings (SSSR count). The summed E-state index contributed by atoms with van der Waals surface area (Å²) in [6, 6.07) is 10.4. The van der Waals surface area contributed by atoms with Crippen LogP contribution in [-0.2, 0) is 19.3 Å². The van der Waals surface area contributed by atoms with Gasteiger partial charge in [-0.1, -0.05) is 37.3 Å². The van der Waals surface area contributed by atoms with E-state index in [0.29, 0.717) is 5.82 Å². The van der Waals surface area contributed by atoms with Crippen molar-refractivity contribution >= 4 is 5.82 Å². The predicted octanol–water partition coefficient (Wildman–Crippen LogP) is 2.71. The Bertz CT molecular complexity index is 498. The Labute approximate surface area is 108 Å². The van der Waals surface area contributed by atoms with Crippen LogP contribution in [-0.4, -0.2) is 9.97 Å². The van der Waals surface area contributed by atoms with E-state index < -0.39 is 0 Å². The van der Waals surface area contributed by atoms with Crippen LogP contribution in [0.2, 0.25) is 0 Å². The first-order valence-corrected chi connectivity index (χ1v) is 6.36. The molecule has 2 aromatic rings. The smallest absolute Gasteiger partial charge is 0.131 e. The third kappa shape index (κ3) is 2.86. The summed E-state index contributed by atoms with van der Waals surface area (Å²) in [4.78, 5) is 8.92. The largest absolute Gasteiger partial charge is 0.383 e. The quantitative estimate of drug-likeness (QED) is 0.895. The number of rotatable bonds is 4. The molecule has 0 atom stereocenters. The Morgan fingerprint density at radius 2 is 1.78 bits per heavy atom. The van der Waals surface area contributed by atoms with Crippen LogP contribution in [0.4, 0.5) is 5.82 Å². The molecular weight excluding hydrogens is 222 g/mol. The lowest BCUT2D eigenvalue weighted by Gasteiger charge is -2.08. The second-order valence-electron chi connectivity index (χ2n) is 4.43. The fourth-order valence-electron chi connectivity index (χ4n) is 2.13. The van der Waals surface area contributed by atoms with E-state index in [9.17, 15) is 0 Å². The molecule has 0 aliphatic carbocycles. The van der Waals surface area contributed by atoms with E-state index in [0.717, 1.165) is 36.3 Å². The second kappa shape index (κ2) is 5.63. The highest BCUT2D eigenvalue weighted by molar-refractivity contribution is 5.41. The van der Waals surface area contributed by atoms with Crippen molar-refractivity contribution in [3.05, 3.63) is 53.0 Å². The van der Waals surface area contributed by atoms with Crippen LogP contribution < -0.4 is 5.73 Å². The number of aryl methyl sites for hydroxylation is 3. The first-order chi connectivity index (χ1) is 8.70. The molecule has 0 saturated heterocycles. The summed E-state index contributed by atoms with van der Waals surface area (Å²) in [7, 11) is 0. The molecule has 0 aliphatic rings. The van der Waals surface area contributed by atoms with Gasteiger partial charge in [0.2, 0.25) is 0 Å². The van der Waals surface area contributed by atoms with Crippen LogP contribution in [0.3, 0.4) is 0 Å². The summed E-state index contributed by atoms with van der Waals surface area (Å²) in [5.41, 5.74) is 9.33. The molecule has 0 fully saturated rings. The molecule has 0 unspecified atom stereocenters. The van der Waals surface area contributed by atoms with E-state index in [-0.39, 0.29) is 0 Å². The zero-order chi connectivity index (χ0) is 13.0. The van der Waals surface area contributed by atoms with Crippen molar-refractivity contribution in [1.29, 1.82) is 0 Å². The minimum Gasteiger partial charge on any atom is -0.383 e. The van der Waals surface area contributed by atoms with Gasteiger partial charge in [0.1, 0.15) is 11.6 Å². The molecule has 1 aromatic carbocycles. The van der Waals surface area contributed by atoms with Gasteiger partial charge >= 0.3 is 0 Å². The molecule has 18 heavy (non-hydrogen) atoms. The molecule has 0 spiro atoms. The first-order valence-electron chi connectivity index (χ1n) is 6.36. The van der Waals surface area contributed by atoms with Gasteiger partial charge in [0.15, 0.2) is 0 Å². The molecule has 0 bridgehead atoms. The number of aromatic nitrogens is 2. The molecule has 3 heteroatoms. The van der Waals surface area contributed by atoms with Gasteiger partial charge in [-0.3, -0.25) is 0 Å². The van der Waals surface area contributed by atoms with Crippen molar-refractivity contribution in [3.63, 3.8) is 0 Å². The van der Waals surface area contributed by atoms with E-state index in [1.807, 2.05) is 13.0 Å². The Morgan fingerprint density at radius 3 is 2.39 bits per heavy atom. The van der Waals surface area contributed by atoms with Crippen molar-refractivity contribution < 1.29 is 0 Å². The van der Waals surface area contributed by atoms with E-state index in [2.05, 4.69) is 41.2 Å². The summed E-state index contributed by atoms with van der Waals surface area (Å²) >= 11 is 0. The molecular formula is C15H19N3. The standard InChI is InChI=1S/C15H19N3/c1-3-13-11(2)17-14(18-15(13)16)10-9-12-7-5-4-6-8-12/h4-8H,3,9-10H2,1-2H3,(H2,16,17,18). The number of nitrogens with zero attached hydrogens (tertiary/aromatic N) is 2. The zero-order valence-corrected chi connectivity index (χ0v) is 11.0. The van der Waals surface area contributed by atoms with Gasteiger partial charge in [-0.15, -0.1) is 0 Å². The highest BCUT2D eigenvalue weighted by atomic mass is 14.9. The fraction of sp³-hybridized carbons (Fsp3) is 0.333. The zero-order valence-electron chi connectivity index (χ0n) is 11.0. The van der Waals surface area contributed by atoms with Gasteiger partial charge < -0.3 is 5.73 Å². The number of hydrogen-bond acceptors (Lipinski definition) is 3. The highest BCUT2D eigenvalue weighted by Crippen LogP contribution is 2.14. The van der Waals surface area contributed by atoms with Crippen molar-refractivity contribution in [2.75, 3.05) is 5.73 Å². The van der Waals surface area contributed by atoms with Gasteiger partial charge in [0, 0.05) is 17.7 Å². The van der Waals surface area contributed by atoms with Gasteiger partial charge in [-0.05, 0) is 25.3 Å². The SMILES string of the molecule is CCc1c(C)nc(CCc2ccccc2)nc1N. The van der Waals surface area contributed by atoms with Crippen LogP contribution in [0.25, 0.3) is 0 Å². The summed E-state index contributed by atoms with van der Waals surface area (Å²) in [6.07, 6.45) is 2.67. The summed E-state index contributed by atoms with van der Waals surface area (Å²) in [5, 5.41) is 0. The molecule has 1 heterocycles. The third-order valence-corrected chi connectivity index (χ3v) is 3.13. The maximum atomic E-state index is 5.95. The molecule has 0 aliphatic heterocycles. The van der Waals surface area contributed by atoms with E-state index in [4.69, 9.17) is 5.73 Å². The number of nitrogen functional groups attached to an aromatic ring is 1. The Kier molecular flexibility index (Phi) is 3.92.